The molecule has 0 saturated heterocycles. The topological polar surface area (TPSA) is 99.5 Å². The van der Waals surface area contributed by atoms with Crippen molar-refractivity contribution >= 4 is 23.0 Å². The first-order chi connectivity index (χ1) is 12.6. The summed E-state index contributed by atoms with van der Waals surface area (Å²) in [5, 5.41) is 14.7. The summed E-state index contributed by atoms with van der Waals surface area (Å²) in [6.07, 6.45) is 3.37. The lowest BCUT2D eigenvalue weighted by atomic mass is 9.85. The molecular weight excluding hydrogens is 334 g/mol. The van der Waals surface area contributed by atoms with Gasteiger partial charge in [-0.25, -0.2) is 9.78 Å². The molecule has 1 aromatic heterocycles. The summed E-state index contributed by atoms with van der Waals surface area (Å²) in [6.45, 7) is 3.88. The van der Waals surface area contributed by atoms with Crippen LogP contribution in [-0.4, -0.2) is 63.3 Å². The van der Waals surface area contributed by atoms with E-state index in [0.29, 0.717) is 19.6 Å². The second-order valence-electron chi connectivity index (χ2n) is 6.61. The molecule has 0 unspecified atom stereocenters. The third-order valence-electron chi connectivity index (χ3n) is 4.87. The highest BCUT2D eigenvalue weighted by Crippen LogP contribution is 2.25. The molecule has 2 aromatic rings. The van der Waals surface area contributed by atoms with Crippen molar-refractivity contribution in [3.05, 3.63) is 30.6 Å². The summed E-state index contributed by atoms with van der Waals surface area (Å²) in [6, 6.07) is 8.05. The zero-order chi connectivity index (χ0) is 18.5. The molecule has 3 rings (SSSR count). The Morgan fingerprint density at radius 3 is 2.85 bits per heavy atom. The minimum atomic E-state index is -0.812. The van der Waals surface area contributed by atoms with Crippen molar-refractivity contribution in [2.75, 3.05) is 19.6 Å². The number of rotatable bonds is 8. The quantitative estimate of drug-likeness (QED) is 0.659. The lowest BCUT2D eigenvalue weighted by molar-refractivity contribution is -0.139. The maximum Gasteiger partial charge on any atom is 0.317 e. The number of nitrogens with one attached hydrogen (secondary N) is 2. The highest BCUT2D eigenvalue weighted by molar-refractivity contribution is 5.75. The zero-order valence-corrected chi connectivity index (χ0v) is 14.9. The molecule has 26 heavy (non-hydrogen) atoms. The van der Waals surface area contributed by atoms with E-state index in [4.69, 9.17) is 5.11 Å². The minimum absolute atomic E-state index is 0.0545. The Balaban J connectivity index is 1.37. The number of benzene rings is 1. The van der Waals surface area contributed by atoms with Gasteiger partial charge < -0.3 is 20.3 Å². The predicted octanol–water partition coefficient (Wildman–Crippen LogP) is 1.27. The number of para-hydroxylation sites is 2. The SMILES string of the molecule is CCN(CC(=O)O)C1CC(NC(=O)NCCn2cnc3ccccc32)C1. The highest BCUT2D eigenvalue weighted by Gasteiger charge is 2.34. The van der Waals surface area contributed by atoms with E-state index in [-0.39, 0.29) is 24.7 Å². The van der Waals surface area contributed by atoms with Gasteiger partial charge in [0.25, 0.3) is 0 Å². The van der Waals surface area contributed by atoms with Gasteiger partial charge in [0.1, 0.15) is 0 Å². The van der Waals surface area contributed by atoms with Crippen LogP contribution in [0.4, 0.5) is 4.79 Å². The second-order valence-corrected chi connectivity index (χ2v) is 6.61. The Kier molecular flexibility index (Phi) is 5.72. The third-order valence-corrected chi connectivity index (χ3v) is 4.87. The number of carbonyl (C=O) groups is 2. The van der Waals surface area contributed by atoms with E-state index in [9.17, 15) is 9.59 Å². The average Bonchev–Trinajstić information content (AvgIpc) is 2.99. The Bertz CT molecular complexity index is 769. The van der Waals surface area contributed by atoms with Gasteiger partial charge in [0.2, 0.25) is 0 Å². The van der Waals surface area contributed by atoms with Gasteiger partial charge in [-0.1, -0.05) is 19.1 Å². The summed E-state index contributed by atoms with van der Waals surface area (Å²) in [4.78, 5) is 29.1. The monoisotopic (exact) mass is 359 g/mol. The number of carboxylic acids is 1. The molecule has 0 aliphatic heterocycles. The number of nitrogens with zero attached hydrogens (tertiary/aromatic N) is 3. The molecule has 1 saturated carbocycles. The maximum absolute atomic E-state index is 12.0. The molecule has 1 heterocycles. The van der Waals surface area contributed by atoms with Crippen LogP contribution in [0.1, 0.15) is 19.8 Å². The zero-order valence-electron chi connectivity index (χ0n) is 14.9. The van der Waals surface area contributed by atoms with Crippen molar-refractivity contribution in [1.29, 1.82) is 0 Å². The molecule has 0 spiro atoms. The lowest BCUT2D eigenvalue weighted by Gasteiger charge is -2.42. The maximum atomic E-state index is 12.0. The van der Waals surface area contributed by atoms with Gasteiger partial charge in [-0.15, -0.1) is 0 Å². The van der Waals surface area contributed by atoms with E-state index in [1.54, 1.807) is 6.33 Å². The Hall–Kier alpha value is -2.61. The van der Waals surface area contributed by atoms with Gasteiger partial charge in [0.15, 0.2) is 0 Å². The largest absolute Gasteiger partial charge is 0.480 e. The molecule has 140 valence electrons. The van der Waals surface area contributed by atoms with Gasteiger partial charge >= 0.3 is 12.0 Å². The van der Waals surface area contributed by atoms with E-state index >= 15 is 0 Å². The number of imidazole rings is 1. The van der Waals surface area contributed by atoms with Crippen molar-refractivity contribution in [3.63, 3.8) is 0 Å². The van der Waals surface area contributed by atoms with Crippen LogP contribution in [-0.2, 0) is 11.3 Å². The van der Waals surface area contributed by atoms with Gasteiger partial charge in [0.05, 0.1) is 23.9 Å². The Morgan fingerprint density at radius 1 is 1.35 bits per heavy atom. The van der Waals surface area contributed by atoms with Gasteiger partial charge in [-0.2, -0.15) is 0 Å². The number of aliphatic carboxylic acids is 1. The molecule has 1 fully saturated rings. The van der Waals surface area contributed by atoms with Crippen LogP contribution in [0.25, 0.3) is 11.0 Å². The Labute approximate surface area is 152 Å². The lowest BCUT2D eigenvalue weighted by Crippen LogP contribution is -2.56. The van der Waals surface area contributed by atoms with Crippen molar-refractivity contribution in [2.24, 2.45) is 0 Å². The summed E-state index contributed by atoms with van der Waals surface area (Å²) < 4.78 is 2.01. The number of aromatic nitrogens is 2. The van der Waals surface area contributed by atoms with Gasteiger partial charge in [-0.3, -0.25) is 9.69 Å². The minimum Gasteiger partial charge on any atom is -0.480 e. The van der Waals surface area contributed by atoms with Gasteiger partial charge in [0, 0.05) is 25.2 Å². The number of amides is 2. The van der Waals surface area contributed by atoms with E-state index in [1.807, 2.05) is 40.7 Å². The number of hydrogen-bond donors (Lipinski definition) is 3. The first kappa shape index (κ1) is 18.2. The number of carboxylic acid groups (broad SMARTS) is 1. The molecule has 3 N–H and O–H groups in total. The van der Waals surface area contributed by atoms with Crippen LogP contribution in [0.3, 0.4) is 0 Å². The van der Waals surface area contributed by atoms with Crippen LogP contribution in [0.2, 0.25) is 0 Å². The molecule has 8 nitrogen and oxygen atoms in total. The smallest absolute Gasteiger partial charge is 0.317 e. The second kappa shape index (κ2) is 8.18. The molecule has 1 aliphatic carbocycles. The standard InChI is InChI=1S/C18H25N5O3/c1-2-22(11-17(24)25)14-9-13(10-14)21-18(26)19-7-8-23-12-20-15-5-3-4-6-16(15)23/h3-6,12-14H,2,7-11H2,1H3,(H,24,25)(H2,19,21,26). The van der Waals surface area contributed by atoms with Crippen molar-refractivity contribution in [1.82, 2.24) is 25.1 Å². The molecule has 8 heteroatoms. The van der Waals surface area contributed by atoms with Gasteiger partial charge in [-0.05, 0) is 31.5 Å². The molecule has 0 bridgehead atoms. The molecule has 0 atom stereocenters. The summed E-state index contributed by atoms with van der Waals surface area (Å²) >= 11 is 0. The van der Waals surface area contributed by atoms with E-state index < -0.39 is 5.97 Å². The van der Waals surface area contributed by atoms with E-state index in [0.717, 1.165) is 23.9 Å². The van der Waals surface area contributed by atoms with Crippen LogP contribution in [0.5, 0.6) is 0 Å². The fourth-order valence-corrected chi connectivity index (χ4v) is 3.39. The Morgan fingerprint density at radius 2 is 2.12 bits per heavy atom. The number of urea groups is 1. The van der Waals surface area contributed by atoms with Crippen molar-refractivity contribution in [3.8, 4) is 0 Å². The van der Waals surface area contributed by atoms with Crippen LogP contribution >= 0.6 is 0 Å². The predicted molar refractivity (Wildman–Crippen MR) is 98.0 cm³/mol. The fourth-order valence-electron chi connectivity index (χ4n) is 3.39. The third kappa shape index (κ3) is 4.32. The fraction of sp³-hybridized carbons (Fsp3) is 0.500. The highest BCUT2D eigenvalue weighted by atomic mass is 16.4. The van der Waals surface area contributed by atoms with E-state index in [2.05, 4.69) is 15.6 Å². The van der Waals surface area contributed by atoms with Crippen LogP contribution in [0, 0.1) is 0 Å². The average molecular weight is 359 g/mol. The molecule has 2 amide bonds. The number of likely N-dealkylation sites (N-methyl/N-ethyl adjacent to an activating group) is 1. The number of hydrogen-bond acceptors (Lipinski definition) is 4. The first-order valence-electron chi connectivity index (χ1n) is 8.97. The molecular formula is C18H25N5O3. The number of carbonyl (C=O) groups excluding carboxylic acids is 1. The number of fused-ring (bicyclic) bond motifs is 1. The van der Waals surface area contributed by atoms with E-state index in [1.165, 1.54) is 0 Å². The summed E-state index contributed by atoms with van der Waals surface area (Å²) in [7, 11) is 0. The molecule has 1 aliphatic rings. The van der Waals surface area contributed by atoms with Crippen molar-refractivity contribution in [2.45, 2.75) is 38.4 Å². The first-order valence-corrected chi connectivity index (χ1v) is 8.97. The van der Waals surface area contributed by atoms with Crippen LogP contribution in [0.15, 0.2) is 30.6 Å². The van der Waals surface area contributed by atoms with Crippen LogP contribution < -0.4 is 10.6 Å². The molecule has 0 radical (unpaired) electrons. The summed E-state index contributed by atoms with van der Waals surface area (Å²) in [5.74, 6) is -0.812. The molecule has 1 aromatic carbocycles. The van der Waals surface area contributed by atoms with Crippen molar-refractivity contribution < 1.29 is 14.7 Å². The summed E-state index contributed by atoms with van der Waals surface area (Å²) in [5.41, 5.74) is 1.99. The normalized spacial score (nSPS) is 19.3.